The molecule has 0 aromatic carbocycles. The minimum Gasteiger partial charge on any atom is -0.481 e. The zero-order valence-electron chi connectivity index (χ0n) is 9.87. The summed E-state index contributed by atoms with van der Waals surface area (Å²) in [6, 6.07) is 0. The van der Waals surface area contributed by atoms with Crippen LogP contribution in [0.25, 0.3) is 0 Å². The van der Waals surface area contributed by atoms with Gasteiger partial charge in [-0.2, -0.15) is 0 Å². The third-order valence-corrected chi connectivity index (χ3v) is 2.18. The van der Waals surface area contributed by atoms with Crippen molar-refractivity contribution < 1.29 is 14.6 Å². The van der Waals surface area contributed by atoms with E-state index in [1.807, 2.05) is 11.9 Å². The van der Waals surface area contributed by atoms with E-state index in [9.17, 15) is 4.79 Å². The van der Waals surface area contributed by atoms with E-state index in [-0.39, 0.29) is 6.42 Å². The minimum atomic E-state index is -0.735. The summed E-state index contributed by atoms with van der Waals surface area (Å²) in [6.07, 6.45) is 3.47. The van der Waals surface area contributed by atoms with E-state index in [2.05, 4.69) is 6.92 Å². The highest BCUT2D eigenvalue weighted by atomic mass is 16.5. The fraction of sp³-hybridized carbons (Fsp3) is 0.909. The molecule has 0 heterocycles. The third-order valence-electron chi connectivity index (χ3n) is 2.18. The fourth-order valence-corrected chi connectivity index (χ4v) is 1.18. The largest absolute Gasteiger partial charge is 0.481 e. The lowest BCUT2D eigenvalue weighted by molar-refractivity contribution is -0.137. The summed E-state index contributed by atoms with van der Waals surface area (Å²) in [5.41, 5.74) is 0. The maximum absolute atomic E-state index is 10.3. The summed E-state index contributed by atoms with van der Waals surface area (Å²) in [5, 5.41) is 8.48. The molecule has 0 amide bonds. The van der Waals surface area contributed by atoms with Crippen molar-refractivity contribution in [2.45, 2.75) is 32.6 Å². The summed E-state index contributed by atoms with van der Waals surface area (Å²) in [7, 11) is 1.94. The number of rotatable bonds is 10. The lowest BCUT2D eigenvalue weighted by Gasteiger charge is -2.14. The number of unbranched alkanes of at least 4 members (excludes halogenated alkanes) is 1. The maximum atomic E-state index is 10.3. The van der Waals surface area contributed by atoms with Crippen LogP contribution in [0.3, 0.4) is 0 Å². The number of carbonyl (C=O) groups is 1. The van der Waals surface area contributed by atoms with Crippen LogP contribution in [0.15, 0.2) is 0 Å². The molecule has 0 rings (SSSR count). The maximum Gasteiger partial charge on any atom is 0.304 e. The normalized spacial score (nSPS) is 10.9. The molecule has 0 fully saturated rings. The lowest BCUT2D eigenvalue weighted by atomic mass is 10.3. The lowest BCUT2D eigenvalue weighted by Crippen LogP contribution is -2.23. The number of carboxylic acid groups (broad SMARTS) is 1. The smallest absolute Gasteiger partial charge is 0.304 e. The van der Waals surface area contributed by atoms with Gasteiger partial charge in [0.1, 0.15) is 0 Å². The molecule has 0 saturated carbocycles. The van der Waals surface area contributed by atoms with Gasteiger partial charge in [0.15, 0.2) is 0 Å². The van der Waals surface area contributed by atoms with E-state index in [1.165, 1.54) is 6.42 Å². The molecule has 0 atom stereocenters. The molecule has 0 bridgehead atoms. The Kier molecular flexibility index (Phi) is 9.52. The Morgan fingerprint density at radius 3 is 2.53 bits per heavy atom. The van der Waals surface area contributed by atoms with Gasteiger partial charge in [0.05, 0.1) is 6.42 Å². The van der Waals surface area contributed by atoms with E-state index in [1.54, 1.807) is 0 Å². The first kappa shape index (κ1) is 14.4. The van der Waals surface area contributed by atoms with Crippen molar-refractivity contribution in [1.29, 1.82) is 0 Å². The number of hydrogen-bond acceptors (Lipinski definition) is 3. The van der Waals surface area contributed by atoms with Crippen molar-refractivity contribution in [1.82, 2.24) is 4.90 Å². The monoisotopic (exact) mass is 217 g/mol. The Morgan fingerprint density at radius 1 is 1.27 bits per heavy atom. The molecule has 0 aromatic heterocycles. The first-order chi connectivity index (χ1) is 7.16. The number of carboxylic acids is 1. The standard InChI is InChI=1S/C11H23NO3/c1-3-4-9-15-10-5-7-12(2)8-6-11(13)14/h3-10H2,1-2H3,(H,13,14). The minimum absolute atomic E-state index is 0.215. The van der Waals surface area contributed by atoms with Crippen LogP contribution in [0.1, 0.15) is 32.6 Å². The van der Waals surface area contributed by atoms with Crippen LogP contribution in [0.4, 0.5) is 0 Å². The molecule has 0 aliphatic heterocycles. The summed E-state index contributed by atoms with van der Waals surface area (Å²) in [5.74, 6) is -0.735. The molecule has 0 unspecified atom stereocenters. The van der Waals surface area contributed by atoms with Crippen molar-refractivity contribution in [2.75, 3.05) is 33.4 Å². The van der Waals surface area contributed by atoms with Gasteiger partial charge in [-0.1, -0.05) is 13.3 Å². The number of aliphatic carboxylic acids is 1. The van der Waals surface area contributed by atoms with E-state index in [0.29, 0.717) is 6.54 Å². The molecule has 4 nitrogen and oxygen atoms in total. The van der Waals surface area contributed by atoms with Gasteiger partial charge in [0.2, 0.25) is 0 Å². The molecule has 0 radical (unpaired) electrons. The Hall–Kier alpha value is -0.610. The summed E-state index contributed by atoms with van der Waals surface area (Å²) in [4.78, 5) is 12.3. The van der Waals surface area contributed by atoms with Gasteiger partial charge in [0.25, 0.3) is 0 Å². The van der Waals surface area contributed by atoms with Crippen LogP contribution in [0.5, 0.6) is 0 Å². The predicted octanol–water partition coefficient (Wildman–Crippen LogP) is 1.60. The van der Waals surface area contributed by atoms with Crippen LogP contribution in [-0.2, 0) is 9.53 Å². The molecule has 0 aliphatic carbocycles. The Balaban J connectivity index is 3.16. The van der Waals surface area contributed by atoms with Crippen molar-refractivity contribution >= 4 is 5.97 Å². The van der Waals surface area contributed by atoms with E-state index >= 15 is 0 Å². The van der Waals surface area contributed by atoms with Crippen LogP contribution in [-0.4, -0.2) is 49.3 Å². The van der Waals surface area contributed by atoms with E-state index in [4.69, 9.17) is 9.84 Å². The van der Waals surface area contributed by atoms with Gasteiger partial charge in [-0.05, 0) is 19.9 Å². The fourth-order valence-electron chi connectivity index (χ4n) is 1.18. The molecule has 0 spiro atoms. The van der Waals surface area contributed by atoms with Gasteiger partial charge < -0.3 is 14.7 Å². The zero-order chi connectivity index (χ0) is 11.5. The van der Waals surface area contributed by atoms with E-state index in [0.717, 1.165) is 32.6 Å². The first-order valence-corrected chi connectivity index (χ1v) is 5.65. The van der Waals surface area contributed by atoms with Gasteiger partial charge in [-0.25, -0.2) is 0 Å². The molecule has 15 heavy (non-hydrogen) atoms. The van der Waals surface area contributed by atoms with Gasteiger partial charge >= 0.3 is 5.97 Å². The Labute approximate surface area is 92.2 Å². The number of nitrogens with zero attached hydrogens (tertiary/aromatic N) is 1. The highest BCUT2D eigenvalue weighted by Crippen LogP contribution is 1.93. The predicted molar refractivity (Wildman–Crippen MR) is 60.1 cm³/mol. The second kappa shape index (κ2) is 9.93. The van der Waals surface area contributed by atoms with Crippen molar-refractivity contribution in [3.05, 3.63) is 0 Å². The van der Waals surface area contributed by atoms with Crippen molar-refractivity contribution in [3.8, 4) is 0 Å². The zero-order valence-corrected chi connectivity index (χ0v) is 9.87. The van der Waals surface area contributed by atoms with Gasteiger partial charge in [-0.3, -0.25) is 4.79 Å². The van der Waals surface area contributed by atoms with Crippen LogP contribution in [0, 0.1) is 0 Å². The molecule has 0 aliphatic rings. The highest BCUT2D eigenvalue weighted by molar-refractivity contribution is 5.66. The average molecular weight is 217 g/mol. The van der Waals surface area contributed by atoms with Crippen LogP contribution >= 0.6 is 0 Å². The SMILES string of the molecule is CCCCOCCCN(C)CCC(=O)O. The van der Waals surface area contributed by atoms with Gasteiger partial charge in [0, 0.05) is 26.3 Å². The molecule has 90 valence electrons. The Morgan fingerprint density at radius 2 is 1.93 bits per heavy atom. The molecule has 4 heteroatoms. The summed E-state index contributed by atoms with van der Waals surface area (Å²) < 4.78 is 5.41. The number of ether oxygens (including phenoxy) is 1. The highest BCUT2D eigenvalue weighted by Gasteiger charge is 2.01. The topological polar surface area (TPSA) is 49.8 Å². The molecule has 0 saturated heterocycles. The van der Waals surface area contributed by atoms with E-state index < -0.39 is 5.97 Å². The molecule has 0 aromatic rings. The average Bonchev–Trinajstić information content (AvgIpc) is 2.20. The van der Waals surface area contributed by atoms with Crippen molar-refractivity contribution in [2.24, 2.45) is 0 Å². The summed E-state index contributed by atoms with van der Waals surface area (Å²) >= 11 is 0. The van der Waals surface area contributed by atoms with Crippen molar-refractivity contribution in [3.63, 3.8) is 0 Å². The quantitative estimate of drug-likeness (QED) is 0.565. The first-order valence-electron chi connectivity index (χ1n) is 5.65. The molecule has 1 N–H and O–H groups in total. The third kappa shape index (κ3) is 11.3. The molecular formula is C11H23NO3. The molecular weight excluding hydrogens is 194 g/mol. The van der Waals surface area contributed by atoms with Gasteiger partial charge in [-0.15, -0.1) is 0 Å². The second-order valence-corrected chi connectivity index (χ2v) is 3.77. The van der Waals surface area contributed by atoms with Crippen LogP contribution < -0.4 is 0 Å². The second-order valence-electron chi connectivity index (χ2n) is 3.77. The Bertz CT molecular complexity index is 162. The summed E-state index contributed by atoms with van der Waals surface area (Å²) in [6.45, 7) is 5.28. The van der Waals surface area contributed by atoms with Crippen LogP contribution in [0.2, 0.25) is 0 Å². The number of hydrogen-bond donors (Lipinski definition) is 1.